The van der Waals surface area contributed by atoms with E-state index < -0.39 is 12.0 Å². The van der Waals surface area contributed by atoms with Crippen LogP contribution in [0.25, 0.3) is 0 Å². The van der Waals surface area contributed by atoms with Gasteiger partial charge in [0.05, 0.1) is 6.33 Å². The highest BCUT2D eigenvalue weighted by atomic mass is 16.4. The van der Waals surface area contributed by atoms with E-state index in [2.05, 4.69) is 4.98 Å². The predicted molar refractivity (Wildman–Crippen MR) is 51.9 cm³/mol. The number of rotatable bonds is 4. The summed E-state index contributed by atoms with van der Waals surface area (Å²) in [6, 6.07) is -0.585. The zero-order valence-electron chi connectivity index (χ0n) is 8.34. The van der Waals surface area contributed by atoms with Gasteiger partial charge in [-0.2, -0.15) is 0 Å². The minimum atomic E-state index is -0.985. The number of nitrogens with two attached hydrogens (primary N) is 1. The van der Waals surface area contributed by atoms with Crippen molar-refractivity contribution in [2.24, 2.45) is 5.73 Å². The fraction of sp³-hybridized carbons (Fsp3) is 0.556. The second-order valence-corrected chi connectivity index (χ2v) is 3.53. The van der Waals surface area contributed by atoms with Gasteiger partial charge in [0.1, 0.15) is 6.04 Å². The molecule has 0 fully saturated rings. The first-order chi connectivity index (χ1) is 6.52. The van der Waals surface area contributed by atoms with Gasteiger partial charge >= 0.3 is 5.97 Å². The summed E-state index contributed by atoms with van der Waals surface area (Å²) in [4.78, 5) is 14.5. The molecule has 0 amide bonds. The topological polar surface area (TPSA) is 81.1 Å². The monoisotopic (exact) mass is 197 g/mol. The first-order valence-corrected chi connectivity index (χ1v) is 4.51. The largest absolute Gasteiger partial charge is 0.480 e. The minimum Gasteiger partial charge on any atom is -0.480 e. The number of imidazole rings is 1. The number of aromatic nitrogens is 2. The van der Waals surface area contributed by atoms with Crippen molar-refractivity contribution in [3.63, 3.8) is 0 Å². The van der Waals surface area contributed by atoms with E-state index in [1.165, 1.54) is 0 Å². The second-order valence-electron chi connectivity index (χ2n) is 3.53. The summed E-state index contributed by atoms with van der Waals surface area (Å²) in [6.07, 6.45) is 3.66. The maximum absolute atomic E-state index is 10.6. The van der Waals surface area contributed by atoms with Crippen molar-refractivity contribution in [3.05, 3.63) is 18.2 Å². The number of carbonyl (C=O) groups is 1. The summed E-state index contributed by atoms with van der Waals surface area (Å²) in [7, 11) is 0. The Bertz CT molecular complexity index is 320. The van der Waals surface area contributed by atoms with Crippen molar-refractivity contribution < 1.29 is 9.90 Å². The highest BCUT2D eigenvalue weighted by Gasteiger charge is 2.15. The molecule has 14 heavy (non-hydrogen) atoms. The first-order valence-electron chi connectivity index (χ1n) is 4.51. The molecule has 0 spiro atoms. The van der Waals surface area contributed by atoms with Crippen molar-refractivity contribution in [2.45, 2.75) is 32.4 Å². The molecule has 3 N–H and O–H groups in total. The lowest BCUT2D eigenvalue weighted by molar-refractivity contribution is -0.138. The SMILES string of the molecule is CC(C)n1cncc1CC(N)C(=O)O. The van der Waals surface area contributed by atoms with E-state index in [-0.39, 0.29) is 6.04 Å². The molecule has 0 aliphatic rings. The van der Waals surface area contributed by atoms with E-state index in [9.17, 15) is 4.79 Å². The molecule has 1 atom stereocenters. The lowest BCUT2D eigenvalue weighted by atomic mass is 10.2. The Hall–Kier alpha value is -1.36. The van der Waals surface area contributed by atoms with Crippen molar-refractivity contribution in [1.82, 2.24) is 9.55 Å². The number of hydrogen-bond donors (Lipinski definition) is 2. The van der Waals surface area contributed by atoms with E-state index in [0.717, 1.165) is 5.69 Å². The molecule has 0 saturated carbocycles. The van der Waals surface area contributed by atoms with Crippen LogP contribution >= 0.6 is 0 Å². The minimum absolute atomic E-state index is 0.272. The van der Waals surface area contributed by atoms with Crippen LogP contribution in [-0.2, 0) is 11.2 Å². The number of hydrogen-bond acceptors (Lipinski definition) is 3. The third-order valence-corrected chi connectivity index (χ3v) is 2.05. The van der Waals surface area contributed by atoms with E-state index in [1.807, 2.05) is 18.4 Å². The van der Waals surface area contributed by atoms with Gasteiger partial charge in [-0.3, -0.25) is 4.79 Å². The van der Waals surface area contributed by atoms with Gasteiger partial charge < -0.3 is 15.4 Å². The summed E-state index contributed by atoms with van der Waals surface area (Å²) in [5.41, 5.74) is 6.29. The molecule has 0 aliphatic carbocycles. The van der Waals surface area contributed by atoms with Crippen LogP contribution in [0.4, 0.5) is 0 Å². The van der Waals surface area contributed by atoms with Gasteiger partial charge in [-0.1, -0.05) is 0 Å². The average molecular weight is 197 g/mol. The normalized spacial score (nSPS) is 13.1. The van der Waals surface area contributed by atoms with Gasteiger partial charge in [-0.05, 0) is 13.8 Å². The van der Waals surface area contributed by atoms with Crippen molar-refractivity contribution in [1.29, 1.82) is 0 Å². The van der Waals surface area contributed by atoms with Crippen LogP contribution in [0.3, 0.4) is 0 Å². The summed E-state index contributed by atoms with van der Waals surface area (Å²) in [5.74, 6) is -0.985. The molecular formula is C9H15N3O2. The van der Waals surface area contributed by atoms with Crippen LogP contribution in [-0.4, -0.2) is 26.7 Å². The maximum Gasteiger partial charge on any atom is 0.320 e. The smallest absolute Gasteiger partial charge is 0.320 e. The summed E-state index contributed by atoms with van der Waals surface area (Å²) in [5, 5.41) is 8.66. The standard InChI is InChI=1S/C9H15N3O2/c1-6(2)12-5-11-4-7(12)3-8(10)9(13)14/h4-6,8H,3,10H2,1-2H3,(H,13,14). The molecule has 0 bridgehead atoms. The van der Waals surface area contributed by atoms with Crippen LogP contribution in [0, 0.1) is 0 Å². The van der Waals surface area contributed by atoms with Gasteiger partial charge in [0.15, 0.2) is 0 Å². The Balaban J connectivity index is 2.76. The number of carboxylic acid groups (broad SMARTS) is 1. The predicted octanol–water partition coefficient (Wildman–Crippen LogP) is 0.418. The Morgan fingerprint density at radius 2 is 2.36 bits per heavy atom. The van der Waals surface area contributed by atoms with Crippen LogP contribution in [0.15, 0.2) is 12.5 Å². The highest BCUT2D eigenvalue weighted by molar-refractivity contribution is 5.73. The van der Waals surface area contributed by atoms with Crippen molar-refractivity contribution in [2.75, 3.05) is 0 Å². The van der Waals surface area contributed by atoms with E-state index >= 15 is 0 Å². The highest BCUT2D eigenvalue weighted by Crippen LogP contribution is 2.10. The molecular weight excluding hydrogens is 182 g/mol. The third kappa shape index (κ3) is 2.32. The van der Waals surface area contributed by atoms with E-state index in [4.69, 9.17) is 10.8 Å². The van der Waals surface area contributed by atoms with Crippen LogP contribution in [0.1, 0.15) is 25.6 Å². The molecule has 5 nitrogen and oxygen atoms in total. The summed E-state index contributed by atoms with van der Waals surface area (Å²) >= 11 is 0. The number of aliphatic carboxylic acids is 1. The fourth-order valence-electron chi connectivity index (χ4n) is 1.27. The fourth-order valence-corrected chi connectivity index (χ4v) is 1.27. The molecule has 78 valence electrons. The quantitative estimate of drug-likeness (QED) is 0.732. The van der Waals surface area contributed by atoms with Gasteiger partial charge in [-0.15, -0.1) is 0 Å². The zero-order chi connectivity index (χ0) is 10.7. The molecule has 0 aliphatic heterocycles. The molecule has 0 radical (unpaired) electrons. The summed E-state index contributed by atoms with van der Waals surface area (Å²) in [6.45, 7) is 4.02. The Morgan fingerprint density at radius 1 is 1.71 bits per heavy atom. The van der Waals surface area contributed by atoms with Gasteiger partial charge in [-0.25, -0.2) is 4.98 Å². The molecule has 5 heteroatoms. The molecule has 1 unspecified atom stereocenters. The van der Waals surface area contributed by atoms with Gasteiger partial charge in [0.2, 0.25) is 0 Å². The summed E-state index contributed by atoms with van der Waals surface area (Å²) < 4.78 is 1.92. The van der Waals surface area contributed by atoms with Gasteiger partial charge in [0.25, 0.3) is 0 Å². The molecule has 0 aromatic carbocycles. The Labute approximate surface area is 82.6 Å². The molecule has 1 aromatic heterocycles. The lowest BCUT2D eigenvalue weighted by Crippen LogP contribution is -2.33. The van der Waals surface area contributed by atoms with Crippen molar-refractivity contribution in [3.8, 4) is 0 Å². The van der Waals surface area contributed by atoms with Crippen LogP contribution < -0.4 is 5.73 Å². The van der Waals surface area contributed by atoms with E-state index in [1.54, 1.807) is 12.5 Å². The van der Waals surface area contributed by atoms with Crippen LogP contribution in [0.2, 0.25) is 0 Å². The number of carboxylic acids is 1. The second kappa shape index (κ2) is 4.23. The molecule has 1 aromatic rings. The first kappa shape index (κ1) is 10.7. The third-order valence-electron chi connectivity index (χ3n) is 2.05. The molecule has 1 rings (SSSR count). The average Bonchev–Trinajstić information content (AvgIpc) is 2.52. The number of nitrogens with zero attached hydrogens (tertiary/aromatic N) is 2. The maximum atomic E-state index is 10.6. The van der Waals surface area contributed by atoms with Crippen molar-refractivity contribution >= 4 is 5.97 Å². The van der Waals surface area contributed by atoms with Gasteiger partial charge in [0, 0.05) is 24.4 Å². The molecule has 0 saturated heterocycles. The molecule has 1 heterocycles. The Morgan fingerprint density at radius 3 is 2.86 bits per heavy atom. The van der Waals surface area contributed by atoms with Crippen LogP contribution in [0.5, 0.6) is 0 Å². The zero-order valence-corrected chi connectivity index (χ0v) is 8.34. The van der Waals surface area contributed by atoms with E-state index in [0.29, 0.717) is 6.42 Å². The Kier molecular flexibility index (Phi) is 3.24. The lowest BCUT2D eigenvalue weighted by Gasteiger charge is -2.13.